The van der Waals surface area contributed by atoms with Crippen LogP contribution in [0.4, 0.5) is 0 Å². The molecule has 96 valence electrons. The number of hydrogen-bond donors (Lipinski definition) is 2. The monoisotopic (exact) mass is 274 g/mol. The third kappa shape index (κ3) is 4.65. The molecule has 4 nitrogen and oxygen atoms in total. The topological polar surface area (TPSA) is 76.2 Å². The summed E-state index contributed by atoms with van der Waals surface area (Å²) in [4.78, 5) is 15.1. The molecule has 17 heavy (non-hydrogen) atoms. The fourth-order valence-corrected chi connectivity index (χ4v) is 2.96. The Morgan fingerprint density at radius 2 is 2.29 bits per heavy atom. The van der Waals surface area contributed by atoms with E-state index in [0.717, 1.165) is 10.7 Å². The Morgan fingerprint density at radius 3 is 2.76 bits per heavy atom. The highest BCUT2D eigenvalue weighted by atomic mass is 32.2. The summed E-state index contributed by atoms with van der Waals surface area (Å²) < 4.78 is 0. The molecule has 1 aromatic rings. The Balaban J connectivity index is 2.43. The number of thiazole rings is 1. The lowest BCUT2D eigenvalue weighted by atomic mass is 9.98. The van der Waals surface area contributed by atoms with Crippen LogP contribution < -0.4 is 5.73 Å². The van der Waals surface area contributed by atoms with Crippen LogP contribution in [0.2, 0.25) is 0 Å². The first-order valence-corrected chi connectivity index (χ1v) is 7.35. The first-order chi connectivity index (χ1) is 7.80. The van der Waals surface area contributed by atoms with E-state index in [1.807, 2.05) is 5.38 Å². The maximum atomic E-state index is 10.5. The standard InChI is InChI=1S/C11H18N2O2S2/c1-11(2,3)10-13-7(5-17-10)4-16-6-8(12)9(14)15/h5,8H,4,6,12H2,1-3H3,(H,14,15)/t8-/m1/s1. The lowest BCUT2D eigenvalue weighted by molar-refractivity contribution is -0.137. The Morgan fingerprint density at radius 1 is 1.65 bits per heavy atom. The fourth-order valence-electron chi connectivity index (χ4n) is 1.08. The zero-order valence-corrected chi connectivity index (χ0v) is 11.9. The van der Waals surface area contributed by atoms with Gasteiger partial charge in [0, 0.05) is 22.3 Å². The minimum absolute atomic E-state index is 0.0745. The second kappa shape index (κ2) is 5.84. The van der Waals surface area contributed by atoms with Crippen molar-refractivity contribution in [1.29, 1.82) is 0 Å². The molecule has 0 saturated heterocycles. The van der Waals surface area contributed by atoms with Crippen molar-refractivity contribution in [3.63, 3.8) is 0 Å². The van der Waals surface area contributed by atoms with Crippen LogP contribution in [0.1, 0.15) is 31.5 Å². The lowest BCUT2D eigenvalue weighted by Crippen LogP contribution is -2.32. The number of carboxylic acids is 1. The van der Waals surface area contributed by atoms with Gasteiger partial charge < -0.3 is 10.8 Å². The van der Waals surface area contributed by atoms with Gasteiger partial charge in [-0.3, -0.25) is 4.79 Å². The van der Waals surface area contributed by atoms with Gasteiger partial charge in [0.1, 0.15) is 6.04 Å². The Labute approximate surface area is 110 Å². The third-order valence-electron chi connectivity index (χ3n) is 2.06. The van der Waals surface area contributed by atoms with Crippen molar-refractivity contribution < 1.29 is 9.90 Å². The summed E-state index contributed by atoms with van der Waals surface area (Å²) in [6, 6.07) is -0.791. The average molecular weight is 274 g/mol. The molecular weight excluding hydrogens is 256 g/mol. The number of carbonyl (C=O) groups is 1. The van der Waals surface area contributed by atoms with E-state index in [9.17, 15) is 4.79 Å². The molecule has 0 saturated carbocycles. The van der Waals surface area contributed by atoms with Gasteiger partial charge in [0.15, 0.2) is 0 Å². The van der Waals surface area contributed by atoms with Crippen molar-refractivity contribution in [3.05, 3.63) is 16.1 Å². The summed E-state index contributed by atoms with van der Waals surface area (Å²) in [6.07, 6.45) is 0. The summed E-state index contributed by atoms with van der Waals surface area (Å²) in [7, 11) is 0. The van der Waals surface area contributed by atoms with Gasteiger partial charge in [0.05, 0.1) is 10.7 Å². The first-order valence-electron chi connectivity index (χ1n) is 5.31. The molecule has 1 aromatic heterocycles. The summed E-state index contributed by atoms with van der Waals surface area (Å²) >= 11 is 3.15. The van der Waals surface area contributed by atoms with Crippen molar-refractivity contribution in [2.45, 2.75) is 38.0 Å². The van der Waals surface area contributed by atoms with E-state index in [1.54, 1.807) is 11.3 Å². The molecule has 1 rings (SSSR count). The maximum Gasteiger partial charge on any atom is 0.321 e. The number of carboxylic acid groups (broad SMARTS) is 1. The normalized spacial score (nSPS) is 13.6. The highest BCUT2D eigenvalue weighted by Crippen LogP contribution is 2.26. The van der Waals surface area contributed by atoms with Crippen LogP contribution in [0.15, 0.2) is 5.38 Å². The summed E-state index contributed by atoms with van der Waals surface area (Å²) in [5.41, 5.74) is 6.49. The molecule has 1 heterocycles. The fraction of sp³-hybridized carbons (Fsp3) is 0.636. The number of aliphatic carboxylic acids is 1. The van der Waals surface area contributed by atoms with Crippen LogP contribution in [0.25, 0.3) is 0 Å². The minimum Gasteiger partial charge on any atom is -0.480 e. The van der Waals surface area contributed by atoms with Gasteiger partial charge in [-0.2, -0.15) is 11.8 Å². The van der Waals surface area contributed by atoms with Crippen molar-refractivity contribution in [2.75, 3.05) is 5.75 Å². The number of rotatable bonds is 5. The Kier molecular flexibility index (Phi) is 4.97. The van der Waals surface area contributed by atoms with Gasteiger partial charge in [-0.1, -0.05) is 20.8 Å². The second-order valence-corrected chi connectivity index (χ2v) is 6.74. The van der Waals surface area contributed by atoms with Gasteiger partial charge in [0.25, 0.3) is 0 Å². The van der Waals surface area contributed by atoms with Crippen molar-refractivity contribution >= 4 is 29.1 Å². The molecule has 0 bridgehead atoms. The van der Waals surface area contributed by atoms with Crippen LogP contribution in [0, 0.1) is 0 Å². The molecular formula is C11H18N2O2S2. The van der Waals surface area contributed by atoms with Crippen molar-refractivity contribution in [1.82, 2.24) is 4.98 Å². The largest absolute Gasteiger partial charge is 0.480 e. The highest BCUT2D eigenvalue weighted by molar-refractivity contribution is 7.98. The lowest BCUT2D eigenvalue weighted by Gasteiger charge is -2.13. The van der Waals surface area contributed by atoms with E-state index in [1.165, 1.54) is 11.8 Å². The van der Waals surface area contributed by atoms with E-state index >= 15 is 0 Å². The molecule has 1 atom stereocenters. The highest BCUT2D eigenvalue weighted by Gasteiger charge is 2.18. The molecule has 0 aliphatic carbocycles. The first kappa shape index (κ1) is 14.5. The molecule has 0 fully saturated rings. The number of hydrogen-bond acceptors (Lipinski definition) is 5. The zero-order chi connectivity index (χ0) is 13.1. The molecule has 0 aliphatic rings. The number of thioether (sulfide) groups is 1. The summed E-state index contributed by atoms with van der Waals surface area (Å²) in [5, 5.41) is 11.8. The summed E-state index contributed by atoms with van der Waals surface area (Å²) in [5.74, 6) is 0.178. The van der Waals surface area contributed by atoms with Crippen molar-refractivity contribution in [2.24, 2.45) is 5.73 Å². The average Bonchev–Trinajstić information content (AvgIpc) is 2.65. The van der Waals surface area contributed by atoms with Crippen molar-refractivity contribution in [3.8, 4) is 0 Å². The van der Waals surface area contributed by atoms with Gasteiger partial charge in [-0.05, 0) is 0 Å². The molecule has 0 unspecified atom stereocenters. The molecule has 0 aliphatic heterocycles. The van der Waals surface area contributed by atoms with E-state index < -0.39 is 12.0 Å². The predicted octanol–water partition coefficient (Wildman–Crippen LogP) is 2.09. The van der Waals surface area contributed by atoms with Crippen LogP contribution in [-0.2, 0) is 16.0 Å². The molecule has 0 spiro atoms. The predicted molar refractivity (Wildman–Crippen MR) is 72.6 cm³/mol. The van der Waals surface area contributed by atoms with E-state index in [4.69, 9.17) is 10.8 Å². The number of nitrogens with two attached hydrogens (primary N) is 1. The Hall–Kier alpha value is -0.590. The van der Waals surface area contributed by atoms with Gasteiger partial charge in [0.2, 0.25) is 0 Å². The van der Waals surface area contributed by atoms with E-state index in [2.05, 4.69) is 25.8 Å². The molecule has 0 amide bonds. The number of nitrogens with zero attached hydrogens (tertiary/aromatic N) is 1. The van der Waals surface area contributed by atoms with Gasteiger partial charge in [-0.25, -0.2) is 4.98 Å². The SMILES string of the molecule is CC(C)(C)c1nc(CSC[C@@H](N)C(=O)O)cs1. The molecule has 0 aromatic carbocycles. The Bertz CT molecular complexity index is 385. The second-order valence-electron chi connectivity index (χ2n) is 4.85. The zero-order valence-electron chi connectivity index (χ0n) is 10.3. The number of aromatic nitrogens is 1. The molecule has 0 radical (unpaired) electrons. The van der Waals surface area contributed by atoms with Crippen LogP contribution in [-0.4, -0.2) is 27.9 Å². The quantitative estimate of drug-likeness (QED) is 0.859. The van der Waals surface area contributed by atoms with Crippen LogP contribution in [0.3, 0.4) is 0 Å². The molecule has 6 heteroatoms. The van der Waals surface area contributed by atoms with E-state index in [0.29, 0.717) is 11.5 Å². The smallest absolute Gasteiger partial charge is 0.321 e. The van der Waals surface area contributed by atoms with Crippen LogP contribution >= 0.6 is 23.1 Å². The van der Waals surface area contributed by atoms with Gasteiger partial charge >= 0.3 is 5.97 Å². The third-order valence-corrected chi connectivity index (χ3v) is 4.47. The van der Waals surface area contributed by atoms with Crippen LogP contribution in [0.5, 0.6) is 0 Å². The van der Waals surface area contributed by atoms with Gasteiger partial charge in [-0.15, -0.1) is 11.3 Å². The minimum atomic E-state index is -0.953. The summed E-state index contributed by atoms with van der Waals surface area (Å²) in [6.45, 7) is 6.38. The molecule has 3 N–H and O–H groups in total. The maximum absolute atomic E-state index is 10.5. The van der Waals surface area contributed by atoms with E-state index in [-0.39, 0.29) is 5.41 Å².